The van der Waals surface area contributed by atoms with Crippen LogP contribution in [0.25, 0.3) is 0 Å². The van der Waals surface area contributed by atoms with Gasteiger partial charge in [-0.05, 0) is 37.0 Å². The minimum Gasteiger partial charge on any atom is -0.493 e. The van der Waals surface area contributed by atoms with Gasteiger partial charge in [0.1, 0.15) is 11.5 Å². The Morgan fingerprint density at radius 2 is 2.25 bits per heavy atom. The van der Waals surface area contributed by atoms with Gasteiger partial charge in [-0.15, -0.1) is 0 Å². The lowest BCUT2D eigenvalue weighted by atomic mass is 9.82. The Morgan fingerprint density at radius 3 is 3.05 bits per heavy atom. The highest BCUT2D eigenvalue weighted by Crippen LogP contribution is 2.34. The number of fused-ring (bicyclic) bond motifs is 1. The number of halogens is 1. The van der Waals surface area contributed by atoms with E-state index >= 15 is 0 Å². The third kappa shape index (κ3) is 2.84. The Labute approximate surface area is 124 Å². The normalized spacial score (nSPS) is 25.1. The minimum atomic E-state index is 0.106. The molecule has 0 amide bonds. The molecule has 0 radical (unpaired) electrons. The summed E-state index contributed by atoms with van der Waals surface area (Å²) in [6, 6.07) is 3.99. The number of carbonyl (C=O) groups excluding carboxylic acids is 1. The van der Waals surface area contributed by atoms with E-state index in [2.05, 4.69) is 0 Å². The maximum absolute atomic E-state index is 12.5. The van der Waals surface area contributed by atoms with Crippen LogP contribution in [0.2, 0.25) is 5.02 Å². The number of hydrogen-bond donors (Lipinski definition) is 1. The van der Waals surface area contributed by atoms with Crippen LogP contribution in [-0.4, -0.2) is 18.4 Å². The standard InChI is InChI=1S/C16H20ClNO2/c17-13-6-11-4-5-20-16(11)12(7-13)9-15(19)10-2-1-3-14(18)8-10/h6-7,10,14H,1-5,8-9,18H2. The first-order valence-electron chi connectivity index (χ1n) is 7.36. The number of benzene rings is 1. The average molecular weight is 294 g/mol. The van der Waals surface area contributed by atoms with E-state index < -0.39 is 0 Å². The molecule has 3 nitrogen and oxygen atoms in total. The van der Waals surface area contributed by atoms with Crippen LogP contribution in [0.3, 0.4) is 0 Å². The van der Waals surface area contributed by atoms with Crippen LogP contribution in [0.4, 0.5) is 0 Å². The zero-order chi connectivity index (χ0) is 14.1. The van der Waals surface area contributed by atoms with Crippen molar-refractivity contribution in [1.29, 1.82) is 0 Å². The third-order valence-electron chi connectivity index (χ3n) is 4.36. The first-order chi connectivity index (χ1) is 9.63. The van der Waals surface area contributed by atoms with Gasteiger partial charge in [-0.2, -0.15) is 0 Å². The van der Waals surface area contributed by atoms with Crippen molar-refractivity contribution in [3.8, 4) is 5.75 Å². The molecule has 1 aromatic rings. The molecule has 1 fully saturated rings. The monoisotopic (exact) mass is 293 g/mol. The van der Waals surface area contributed by atoms with Crippen molar-refractivity contribution in [1.82, 2.24) is 0 Å². The predicted molar refractivity (Wildman–Crippen MR) is 79.3 cm³/mol. The molecule has 2 N–H and O–H groups in total. The van der Waals surface area contributed by atoms with Crippen molar-refractivity contribution in [2.45, 2.75) is 44.6 Å². The first-order valence-corrected chi connectivity index (χ1v) is 7.73. The molecule has 20 heavy (non-hydrogen) atoms. The Hall–Kier alpha value is -1.06. The number of carbonyl (C=O) groups is 1. The predicted octanol–water partition coefficient (Wildman–Crippen LogP) is 2.90. The summed E-state index contributed by atoms with van der Waals surface area (Å²) < 4.78 is 5.66. The molecule has 0 spiro atoms. The van der Waals surface area contributed by atoms with Gasteiger partial charge >= 0.3 is 0 Å². The summed E-state index contributed by atoms with van der Waals surface area (Å²) in [5.74, 6) is 1.26. The molecule has 2 unspecified atom stereocenters. The fourth-order valence-corrected chi connectivity index (χ4v) is 3.59. The number of hydrogen-bond acceptors (Lipinski definition) is 3. The molecule has 1 aliphatic heterocycles. The zero-order valence-electron chi connectivity index (χ0n) is 11.5. The molecule has 0 aromatic heterocycles. The van der Waals surface area contributed by atoms with Gasteiger partial charge in [0, 0.05) is 35.4 Å². The van der Waals surface area contributed by atoms with Crippen LogP contribution in [0, 0.1) is 5.92 Å². The fraction of sp³-hybridized carbons (Fsp3) is 0.562. The lowest BCUT2D eigenvalue weighted by Crippen LogP contribution is -2.32. The van der Waals surface area contributed by atoms with Crippen LogP contribution in [0.5, 0.6) is 5.75 Å². The molecular formula is C16H20ClNO2. The maximum atomic E-state index is 12.5. The molecule has 4 heteroatoms. The Kier molecular flexibility index (Phi) is 3.99. The molecule has 0 saturated heterocycles. The molecule has 1 aromatic carbocycles. The second-order valence-corrected chi connectivity index (χ2v) is 6.35. The SMILES string of the molecule is NC1CCCC(C(=O)Cc2cc(Cl)cc3c2OCC3)C1. The van der Waals surface area contributed by atoms with Gasteiger partial charge in [-0.3, -0.25) is 4.79 Å². The van der Waals surface area contributed by atoms with E-state index in [1.54, 1.807) is 0 Å². The molecule has 108 valence electrons. The lowest BCUT2D eigenvalue weighted by molar-refractivity contribution is -0.123. The second-order valence-electron chi connectivity index (χ2n) is 5.92. The van der Waals surface area contributed by atoms with Crippen molar-refractivity contribution in [3.05, 3.63) is 28.3 Å². The van der Waals surface area contributed by atoms with E-state index in [4.69, 9.17) is 22.1 Å². The summed E-state index contributed by atoms with van der Waals surface area (Å²) in [4.78, 5) is 12.5. The topological polar surface area (TPSA) is 52.3 Å². The van der Waals surface area contributed by atoms with Gasteiger partial charge in [0.25, 0.3) is 0 Å². The van der Waals surface area contributed by atoms with Gasteiger partial charge in [-0.1, -0.05) is 18.0 Å². The van der Waals surface area contributed by atoms with Crippen LogP contribution >= 0.6 is 11.6 Å². The van der Waals surface area contributed by atoms with E-state index in [0.717, 1.165) is 49.0 Å². The quantitative estimate of drug-likeness (QED) is 0.932. The van der Waals surface area contributed by atoms with Gasteiger partial charge in [0.15, 0.2) is 0 Å². The molecule has 2 atom stereocenters. The summed E-state index contributed by atoms with van der Waals surface area (Å²) >= 11 is 6.13. The summed E-state index contributed by atoms with van der Waals surface area (Å²) in [5.41, 5.74) is 8.04. The van der Waals surface area contributed by atoms with Crippen LogP contribution < -0.4 is 10.5 Å². The molecular weight excluding hydrogens is 274 g/mol. The molecule has 1 saturated carbocycles. The largest absolute Gasteiger partial charge is 0.493 e. The minimum absolute atomic E-state index is 0.106. The molecule has 2 aliphatic rings. The van der Waals surface area contributed by atoms with Crippen LogP contribution in [0.1, 0.15) is 36.8 Å². The fourth-order valence-electron chi connectivity index (χ4n) is 3.33. The molecule has 1 aliphatic carbocycles. The summed E-state index contributed by atoms with van der Waals surface area (Å²) in [5, 5.41) is 0.692. The second kappa shape index (κ2) is 5.74. The lowest BCUT2D eigenvalue weighted by Gasteiger charge is -2.25. The molecule has 1 heterocycles. The summed E-state index contributed by atoms with van der Waals surface area (Å²) in [6.07, 6.45) is 5.19. The maximum Gasteiger partial charge on any atom is 0.140 e. The summed E-state index contributed by atoms with van der Waals surface area (Å²) in [7, 11) is 0. The van der Waals surface area contributed by atoms with Gasteiger partial charge in [0.2, 0.25) is 0 Å². The number of Topliss-reactive ketones (excluding diaryl/α,β-unsaturated/α-hetero) is 1. The van der Waals surface area contributed by atoms with Gasteiger partial charge < -0.3 is 10.5 Å². The van der Waals surface area contributed by atoms with Gasteiger partial charge in [-0.25, -0.2) is 0 Å². The molecule has 0 bridgehead atoms. The highest BCUT2D eigenvalue weighted by Gasteiger charge is 2.27. The summed E-state index contributed by atoms with van der Waals surface area (Å²) in [6.45, 7) is 0.686. The van der Waals surface area contributed by atoms with Crippen LogP contribution in [-0.2, 0) is 17.6 Å². The third-order valence-corrected chi connectivity index (χ3v) is 4.58. The van der Waals surface area contributed by atoms with Gasteiger partial charge in [0.05, 0.1) is 6.61 Å². The Morgan fingerprint density at radius 1 is 1.40 bits per heavy atom. The zero-order valence-corrected chi connectivity index (χ0v) is 12.3. The Balaban J connectivity index is 1.76. The molecule has 3 rings (SSSR count). The highest BCUT2D eigenvalue weighted by molar-refractivity contribution is 6.30. The van der Waals surface area contributed by atoms with Crippen molar-refractivity contribution in [2.75, 3.05) is 6.61 Å². The number of ether oxygens (including phenoxy) is 1. The van der Waals surface area contributed by atoms with E-state index in [1.807, 2.05) is 12.1 Å². The first kappa shape index (κ1) is 13.9. The van der Waals surface area contributed by atoms with E-state index in [1.165, 1.54) is 0 Å². The van der Waals surface area contributed by atoms with Crippen LogP contribution in [0.15, 0.2) is 12.1 Å². The highest BCUT2D eigenvalue weighted by atomic mass is 35.5. The Bertz CT molecular complexity index is 529. The van der Waals surface area contributed by atoms with E-state index in [0.29, 0.717) is 18.1 Å². The number of rotatable bonds is 3. The number of ketones is 1. The van der Waals surface area contributed by atoms with Crippen molar-refractivity contribution in [3.63, 3.8) is 0 Å². The van der Waals surface area contributed by atoms with Crippen molar-refractivity contribution < 1.29 is 9.53 Å². The van der Waals surface area contributed by atoms with E-state index in [9.17, 15) is 4.79 Å². The van der Waals surface area contributed by atoms with Crippen molar-refractivity contribution in [2.24, 2.45) is 11.7 Å². The number of nitrogens with two attached hydrogens (primary N) is 1. The smallest absolute Gasteiger partial charge is 0.140 e. The average Bonchev–Trinajstić information content (AvgIpc) is 2.86. The van der Waals surface area contributed by atoms with E-state index in [-0.39, 0.29) is 17.7 Å². The van der Waals surface area contributed by atoms with Crippen molar-refractivity contribution >= 4 is 17.4 Å².